The van der Waals surface area contributed by atoms with Crippen molar-refractivity contribution >= 4 is 11.3 Å². The molecule has 1 aromatic rings. The molecule has 0 saturated carbocycles. The number of aryl methyl sites for hydroxylation is 1. The van der Waals surface area contributed by atoms with Crippen LogP contribution < -0.4 is 5.32 Å². The van der Waals surface area contributed by atoms with E-state index in [9.17, 15) is 0 Å². The molecule has 0 spiro atoms. The van der Waals surface area contributed by atoms with Crippen molar-refractivity contribution in [2.45, 2.75) is 27.2 Å². The summed E-state index contributed by atoms with van der Waals surface area (Å²) in [5, 5.41) is 3.45. The van der Waals surface area contributed by atoms with Crippen molar-refractivity contribution < 1.29 is 0 Å². The molecule has 2 heteroatoms. The van der Waals surface area contributed by atoms with Gasteiger partial charge in [-0.3, -0.25) is 0 Å². The highest BCUT2D eigenvalue weighted by atomic mass is 32.1. The maximum atomic E-state index is 3.45. The molecule has 1 rings (SSSR count). The Morgan fingerprint density at radius 2 is 2.15 bits per heavy atom. The molecule has 0 aliphatic rings. The summed E-state index contributed by atoms with van der Waals surface area (Å²) in [6.07, 6.45) is 1.17. The van der Waals surface area contributed by atoms with Crippen LogP contribution in [0.15, 0.2) is 12.1 Å². The first kappa shape index (κ1) is 10.7. The van der Waals surface area contributed by atoms with Gasteiger partial charge < -0.3 is 5.32 Å². The first-order valence-electron chi connectivity index (χ1n) is 4.94. The van der Waals surface area contributed by atoms with Crippen molar-refractivity contribution in [3.63, 3.8) is 0 Å². The number of hydrogen-bond donors (Lipinski definition) is 1. The van der Waals surface area contributed by atoms with Crippen LogP contribution in [-0.2, 0) is 6.42 Å². The molecule has 0 amide bonds. The summed E-state index contributed by atoms with van der Waals surface area (Å²) < 4.78 is 0. The SMILES string of the molecule is Cc1ccc(CCNCC(C)C)s1. The molecule has 13 heavy (non-hydrogen) atoms. The molecule has 0 fully saturated rings. The van der Waals surface area contributed by atoms with Crippen LogP contribution in [0.5, 0.6) is 0 Å². The number of thiophene rings is 1. The van der Waals surface area contributed by atoms with Gasteiger partial charge in [0.1, 0.15) is 0 Å². The number of nitrogens with one attached hydrogen (secondary N) is 1. The Morgan fingerprint density at radius 1 is 1.38 bits per heavy atom. The minimum absolute atomic E-state index is 0.755. The molecule has 0 radical (unpaired) electrons. The van der Waals surface area contributed by atoms with E-state index in [2.05, 4.69) is 38.2 Å². The predicted molar refractivity (Wildman–Crippen MR) is 60.5 cm³/mol. The van der Waals surface area contributed by atoms with Crippen molar-refractivity contribution in [2.24, 2.45) is 5.92 Å². The van der Waals surface area contributed by atoms with Crippen LogP contribution in [0.1, 0.15) is 23.6 Å². The second-order valence-electron chi connectivity index (χ2n) is 3.86. The Balaban J connectivity index is 2.13. The van der Waals surface area contributed by atoms with Gasteiger partial charge in [-0.15, -0.1) is 11.3 Å². The third kappa shape index (κ3) is 4.44. The van der Waals surface area contributed by atoms with E-state index in [-0.39, 0.29) is 0 Å². The van der Waals surface area contributed by atoms with Gasteiger partial charge >= 0.3 is 0 Å². The molecule has 1 aromatic heterocycles. The zero-order valence-electron chi connectivity index (χ0n) is 8.76. The topological polar surface area (TPSA) is 12.0 Å². The molecular weight excluding hydrogens is 178 g/mol. The molecule has 0 saturated heterocycles. The number of hydrogen-bond acceptors (Lipinski definition) is 2. The lowest BCUT2D eigenvalue weighted by atomic mass is 10.2. The second kappa shape index (κ2) is 5.40. The Morgan fingerprint density at radius 3 is 2.69 bits per heavy atom. The van der Waals surface area contributed by atoms with Crippen molar-refractivity contribution in [1.29, 1.82) is 0 Å². The van der Waals surface area contributed by atoms with Gasteiger partial charge in [0, 0.05) is 9.75 Å². The van der Waals surface area contributed by atoms with Gasteiger partial charge in [-0.25, -0.2) is 0 Å². The molecular formula is C11H19NS. The molecule has 1 N–H and O–H groups in total. The smallest absolute Gasteiger partial charge is 0.00606 e. The Bertz CT molecular complexity index is 240. The average molecular weight is 197 g/mol. The molecule has 74 valence electrons. The van der Waals surface area contributed by atoms with Crippen LogP contribution in [0.3, 0.4) is 0 Å². The Hall–Kier alpha value is -0.340. The quantitative estimate of drug-likeness (QED) is 0.716. The minimum Gasteiger partial charge on any atom is -0.316 e. The maximum absolute atomic E-state index is 3.45. The van der Waals surface area contributed by atoms with Gasteiger partial charge in [-0.1, -0.05) is 13.8 Å². The van der Waals surface area contributed by atoms with Gasteiger partial charge in [0.15, 0.2) is 0 Å². The lowest BCUT2D eigenvalue weighted by molar-refractivity contribution is 0.555. The van der Waals surface area contributed by atoms with Crippen molar-refractivity contribution in [1.82, 2.24) is 5.32 Å². The van der Waals surface area contributed by atoms with E-state index >= 15 is 0 Å². The highest BCUT2D eigenvalue weighted by Crippen LogP contribution is 2.14. The van der Waals surface area contributed by atoms with E-state index in [0.29, 0.717) is 0 Å². The fourth-order valence-electron chi connectivity index (χ4n) is 1.22. The molecule has 0 aliphatic carbocycles. The highest BCUT2D eigenvalue weighted by molar-refractivity contribution is 7.11. The fraction of sp³-hybridized carbons (Fsp3) is 0.636. The highest BCUT2D eigenvalue weighted by Gasteiger charge is 1.96. The third-order valence-electron chi connectivity index (χ3n) is 1.90. The van der Waals surface area contributed by atoms with Crippen molar-refractivity contribution in [3.05, 3.63) is 21.9 Å². The fourth-order valence-corrected chi connectivity index (χ4v) is 2.11. The van der Waals surface area contributed by atoms with Gasteiger partial charge in [0.05, 0.1) is 0 Å². The summed E-state index contributed by atoms with van der Waals surface area (Å²) in [5.41, 5.74) is 0. The van der Waals surface area contributed by atoms with Crippen LogP contribution >= 0.6 is 11.3 Å². The van der Waals surface area contributed by atoms with E-state index in [1.54, 1.807) is 0 Å². The zero-order chi connectivity index (χ0) is 9.68. The lowest BCUT2D eigenvalue weighted by Crippen LogP contribution is -2.21. The standard InChI is InChI=1S/C11H19NS/c1-9(2)8-12-7-6-11-5-4-10(3)13-11/h4-5,9,12H,6-8H2,1-3H3. The zero-order valence-corrected chi connectivity index (χ0v) is 9.58. The van der Waals surface area contributed by atoms with Gasteiger partial charge in [0.25, 0.3) is 0 Å². The molecule has 1 nitrogen and oxygen atoms in total. The van der Waals surface area contributed by atoms with Gasteiger partial charge in [0.2, 0.25) is 0 Å². The molecule has 0 atom stereocenters. The van der Waals surface area contributed by atoms with E-state index in [4.69, 9.17) is 0 Å². The molecule has 0 unspecified atom stereocenters. The minimum atomic E-state index is 0.755. The molecule has 0 aromatic carbocycles. The normalized spacial score (nSPS) is 11.1. The monoisotopic (exact) mass is 197 g/mol. The number of rotatable bonds is 5. The first-order valence-corrected chi connectivity index (χ1v) is 5.76. The molecule has 1 heterocycles. The first-order chi connectivity index (χ1) is 6.18. The van der Waals surface area contributed by atoms with Crippen LogP contribution in [-0.4, -0.2) is 13.1 Å². The summed E-state index contributed by atoms with van der Waals surface area (Å²) in [6.45, 7) is 8.88. The summed E-state index contributed by atoms with van der Waals surface area (Å²) in [4.78, 5) is 2.91. The Labute approximate surface area is 85.2 Å². The molecule has 0 bridgehead atoms. The summed E-state index contributed by atoms with van der Waals surface area (Å²) >= 11 is 1.91. The summed E-state index contributed by atoms with van der Waals surface area (Å²) in [5.74, 6) is 0.755. The summed E-state index contributed by atoms with van der Waals surface area (Å²) in [6, 6.07) is 4.43. The van der Waals surface area contributed by atoms with Crippen LogP contribution in [0.25, 0.3) is 0 Å². The van der Waals surface area contributed by atoms with Gasteiger partial charge in [-0.2, -0.15) is 0 Å². The molecule has 0 aliphatic heterocycles. The lowest BCUT2D eigenvalue weighted by Gasteiger charge is -2.05. The van der Waals surface area contributed by atoms with E-state index in [1.807, 2.05) is 11.3 Å². The van der Waals surface area contributed by atoms with Gasteiger partial charge in [-0.05, 0) is 44.5 Å². The van der Waals surface area contributed by atoms with E-state index < -0.39 is 0 Å². The summed E-state index contributed by atoms with van der Waals surface area (Å²) in [7, 11) is 0. The van der Waals surface area contributed by atoms with E-state index in [0.717, 1.165) is 19.0 Å². The van der Waals surface area contributed by atoms with Crippen LogP contribution in [0.4, 0.5) is 0 Å². The third-order valence-corrected chi connectivity index (χ3v) is 2.96. The van der Waals surface area contributed by atoms with E-state index in [1.165, 1.54) is 16.2 Å². The Kier molecular flexibility index (Phi) is 4.46. The largest absolute Gasteiger partial charge is 0.316 e. The van der Waals surface area contributed by atoms with Crippen LogP contribution in [0.2, 0.25) is 0 Å². The van der Waals surface area contributed by atoms with Crippen molar-refractivity contribution in [2.75, 3.05) is 13.1 Å². The van der Waals surface area contributed by atoms with Crippen LogP contribution in [0, 0.1) is 12.8 Å². The maximum Gasteiger partial charge on any atom is 0.00606 e. The average Bonchev–Trinajstić information content (AvgIpc) is 2.45. The predicted octanol–water partition coefficient (Wildman–Crippen LogP) is 2.84. The van der Waals surface area contributed by atoms with Crippen molar-refractivity contribution in [3.8, 4) is 0 Å². The second-order valence-corrected chi connectivity index (χ2v) is 5.23.